The van der Waals surface area contributed by atoms with Crippen molar-refractivity contribution in [3.63, 3.8) is 0 Å². The zero-order valence-corrected chi connectivity index (χ0v) is 24.6. The summed E-state index contributed by atoms with van der Waals surface area (Å²) in [5.74, 6) is -3.74. The summed E-state index contributed by atoms with van der Waals surface area (Å²) in [6.45, 7) is -0.0683. The normalized spacial score (nSPS) is 13.4. The molecule has 4 rings (SSSR count). The summed E-state index contributed by atoms with van der Waals surface area (Å²) in [5.41, 5.74) is -1.71. The second kappa shape index (κ2) is 12.9. The number of sulfone groups is 2. The number of carbonyl (C=O) groups is 2. The highest BCUT2D eigenvalue weighted by Gasteiger charge is 2.39. The van der Waals surface area contributed by atoms with E-state index in [9.17, 15) is 36.6 Å². The molecule has 3 aromatic carbocycles. The maximum absolute atomic E-state index is 13.7. The maximum atomic E-state index is 13.7. The molecule has 0 atom stereocenters. The van der Waals surface area contributed by atoms with E-state index in [-0.39, 0.29) is 48.0 Å². The van der Waals surface area contributed by atoms with Crippen LogP contribution in [0.25, 0.3) is 10.8 Å². The minimum absolute atomic E-state index is 0.0342. The quantitative estimate of drug-likeness (QED) is 0.120. The number of hydrogen-bond donors (Lipinski definition) is 4. The number of unbranched alkanes of at least 4 members (excludes halogenated alkanes) is 6. The van der Waals surface area contributed by atoms with Crippen molar-refractivity contribution in [2.24, 2.45) is 0 Å². The van der Waals surface area contributed by atoms with Crippen molar-refractivity contribution in [2.45, 2.75) is 61.2 Å². The molecule has 0 heterocycles. The van der Waals surface area contributed by atoms with Gasteiger partial charge in [-0.05, 0) is 37.8 Å². The standard InChI is InChI=1S/C30H34O10S2/c31-13-7-1-3-9-15-41(37,38)23-17-21-22(18-24(23)42(39,40)16-10-4-2-8-14-32)30(36)26-25(29(21)35)27(33)19-11-5-6-12-20(19)28(26)34/h5-6,11-12,17-18,31-34H,1-4,7-10,13-16H2. The fourth-order valence-corrected chi connectivity index (χ4v) is 8.97. The molecule has 0 unspecified atom stereocenters. The van der Waals surface area contributed by atoms with E-state index in [0.29, 0.717) is 38.5 Å². The van der Waals surface area contributed by atoms with Crippen LogP contribution >= 0.6 is 0 Å². The molecule has 0 aromatic heterocycles. The number of benzene rings is 3. The van der Waals surface area contributed by atoms with Crippen LogP contribution in [0.3, 0.4) is 0 Å². The first-order chi connectivity index (χ1) is 20.0. The van der Waals surface area contributed by atoms with E-state index in [4.69, 9.17) is 10.2 Å². The molecule has 0 amide bonds. The summed E-state index contributed by atoms with van der Waals surface area (Å²) in [4.78, 5) is 26.2. The first kappa shape index (κ1) is 31.6. The summed E-state index contributed by atoms with van der Waals surface area (Å²) in [5, 5.41) is 40.1. The molecule has 4 N–H and O–H groups in total. The average molecular weight is 619 g/mol. The molecule has 1 aliphatic rings. The fraction of sp³-hybridized carbons (Fsp3) is 0.400. The summed E-state index contributed by atoms with van der Waals surface area (Å²) in [6.07, 6.45) is 3.48. The lowest BCUT2D eigenvalue weighted by Gasteiger charge is -2.23. The second-order valence-electron chi connectivity index (χ2n) is 10.4. The number of phenolic OH excluding ortho intramolecular Hbond substituents is 2. The number of fused-ring (bicyclic) bond motifs is 3. The molecule has 0 saturated carbocycles. The number of aromatic hydroxyl groups is 2. The van der Waals surface area contributed by atoms with E-state index < -0.39 is 75.2 Å². The van der Waals surface area contributed by atoms with Gasteiger partial charge in [0.2, 0.25) is 0 Å². The molecule has 0 bridgehead atoms. The molecule has 0 radical (unpaired) electrons. The molecule has 0 spiro atoms. The van der Waals surface area contributed by atoms with Gasteiger partial charge in [0.05, 0.1) is 32.4 Å². The van der Waals surface area contributed by atoms with Crippen molar-refractivity contribution in [2.75, 3.05) is 24.7 Å². The van der Waals surface area contributed by atoms with Crippen LogP contribution in [0.1, 0.15) is 83.2 Å². The predicted molar refractivity (Wildman–Crippen MR) is 156 cm³/mol. The van der Waals surface area contributed by atoms with Gasteiger partial charge in [-0.2, -0.15) is 0 Å². The van der Waals surface area contributed by atoms with Crippen LogP contribution in [0, 0.1) is 0 Å². The highest BCUT2D eigenvalue weighted by molar-refractivity contribution is 7.94. The Balaban J connectivity index is 1.86. The molecule has 226 valence electrons. The summed E-state index contributed by atoms with van der Waals surface area (Å²) in [6, 6.07) is 7.88. The summed E-state index contributed by atoms with van der Waals surface area (Å²) in [7, 11) is -8.51. The van der Waals surface area contributed by atoms with Crippen molar-refractivity contribution < 1.29 is 46.9 Å². The third-order valence-electron chi connectivity index (χ3n) is 7.50. The number of rotatable bonds is 14. The van der Waals surface area contributed by atoms with Gasteiger partial charge in [0.15, 0.2) is 31.2 Å². The van der Waals surface area contributed by atoms with Crippen molar-refractivity contribution in [1.82, 2.24) is 0 Å². The summed E-state index contributed by atoms with van der Waals surface area (Å²) >= 11 is 0. The van der Waals surface area contributed by atoms with E-state index in [2.05, 4.69) is 0 Å². The molecule has 10 nitrogen and oxygen atoms in total. The lowest BCUT2D eigenvalue weighted by Crippen LogP contribution is -2.24. The van der Waals surface area contributed by atoms with E-state index in [1.54, 1.807) is 12.1 Å². The predicted octanol–water partition coefficient (Wildman–Crippen LogP) is 3.68. The Bertz CT molecular complexity index is 1610. The first-order valence-electron chi connectivity index (χ1n) is 13.9. The Labute approximate surface area is 244 Å². The topological polar surface area (TPSA) is 183 Å². The van der Waals surface area contributed by atoms with E-state index in [1.165, 1.54) is 12.1 Å². The fourth-order valence-electron chi connectivity index (χ4n) is 5.27. The first-order valence-corrected chi connectivity index (χ1v) is 17.2. The van der Waals surface area contributed by atoms with Crippen LogP contribution in [0.5, 0.6) is 11.5 Å². The van der Waals surface area contributed by atoms with Crippen molar-refractivity contribution in [3.05, 3.63) is 58.7 Å². The van der Waals surface area contributed by atoms with E-state index in [1.807, 2.05) is 0 Å². The molecule has 0 aliphatic heterocycles. The highest BCUT2D eigenvalue weighted by atomic mass is 32.2. The Hall–Kier alpha value is -3.32. The van der Waals surface area contributed by atoms with Crippen molar-refractivity contribution in [3.8, 4) is 11.5 Å². The van der Waals surface area contributed by atoms with Gasteiger partial charge in [-0.1, -0.05) is 49.9 Å². The van der Waals surface area contributed by atoms with Gasteiger partial charge in [0.1, 0.15) is 11.5 Å². The van der Waals surface area contributed by atoms with Gasteiger partial charge in [0, 0.05) is 35.1 Å². The number of ketones is 2. The molecule has 3 aromatic rings. The van der Waals surface area contributed by atoms with Gasteiger partial charge >= 0.3 is 0 Å². The van der Waals surface area contributed by atoms with Gasteiger partial charge in [-0.15, -0.1) is 0 Å². The largest absolute Gasteiger partial charge is 0.506 e. The number of phenols is 2. The number of aliphatic hydroxyl groups excluding tert-OH is 2. The molecular formula is C30H34O10S2. The zero-order valence-electron chi connectivity index (χ0n) is 23.0. The van der Waals surface area contributed by atoms with Gasteiger partial charge in [-0.3, -0.25) is 9.59 Å². The van der Waals surface area contributed by atoms with Crippen LogP contribution in [0.15, 0.2) is 46.2 Å². The highest BCUT2D eigenvalue weighted by Crippen LogP contribution is 2.45. The lowest BCUT2D eigenvalue weighted by atomic mass is 9.81. The Morgan fingerprint density at radius 1 is 0.548 bits per heavy atom. The van der Waals surface area contributed by atoms with Crippen LogP contribution in [-0.2, 0) is 19.7 Å². The lowest BCUT2D eigenvalue weighted by molar-refractivity contribution is 0.0974. The minimum Gasteiger partial charge on any atom is -0.506 e. The van der Waals surface area contributed by atoms with E-state index in [0.717, 1.165) is 12.1 Å². The minimum atomic E-state index is -4.26. The third-order valence-corrected chi connectivity index (χ3v) is 11.3. The van der Waals surface area contributed by atoms with Gasteiger partial charge < -0.3 is 20.4 Å². The van der Waals surface area contributed by atoms with E-state index >= 15 is 0 Å². The molecule has 0 saturated heterocycles. The maximum Gasteiger partial charge on any atom is 0.198 e. The number of aliphatic hydroxyl groups is 2. The molecule has 12 heteroatoms. The number of carbonyl (C=O) groups excluding carboxylic acids is 2. The zero-order chi connectivity index (χ0) is 30.7. The Kier molecular flexibility index (Phi) is 9.71. The SMILES string of the molecule is O=C1c2cc(S(=O)(=O)CCCCCCO)c(S(=O)(=O)CCCCCCO)cc2C(=O)c2c1c(O)c1ccccc1c2O. The smallest absolute Gasteiger partial charge is 0.198 e. The van der Waals surface area contributed by atoms with Crippen LogP contribution in [-0.4, -0.2) is 73.5 Å². The van der Waals surface area contributed by atoms with Gasteiger partial charge in [-0.25, -0.2) is 16.8 Å². The molecule has 1 aliphatic carbocycles. The van der Waals surface area contributed by atoms with Gasteiger partial charge in [0.25, 0.3) is 0 Å². The summed E-state index contributed by atoms with van der Waals surface area (Å²) < 4.78 is 54.1. The average Bonchev–Trinajstić information content (AvgIpc) is 2.96. The van der Waals surface area contributed by atoms with Crippen LogP contribution in [0.2, 0.25) is 0 Å². The third kappa shape index (κ3) is 6.07. The van der Waals surface area contributed by atoms with Crippen molar-refractivity contribution >= 4 is 42.0 Å². The second-order valence-corrected chi connectivity index (χ2v) is 14.6. The van der Waals surface area contributed by atoms with Crippen LogP contribution in [0.4, 0.5) is 0 Å². The Morgan fingerprint density at radius 3 is 1.26 bits per heavy atom. The molecule has 42 heavy (non-hydrogen) atoms. The molecular weight excluding hydrogens is 584 g/mol. The number of hydrogen-bond acceptors (Lipinski definition) is 10. The van der Waals surface area contributed by atoms with Crippen molar-refractivity contribution in [1.29, 1.82) is 0 Å². The van der Waals surface area contributed by atoms with Crippen LogP contribution < -0.4 is 0 Å². The Morgan fingerprint density at radius 2 is 0.905 bits per heavy atom. The monoisotopic (exact) mass is 618 g/mol. The molecule has 0 fully saturated rings.